The summed E-state index contributed by atoms with van der Waals surface area (Å²) in [4.78, 5) is 47.3. The normalized spacial score (nSPS) is 12.8. The Labute approximate surface area is 347 Å². The van der Waals surface area contributed by atoms with Crippen LogP contribution < -0.4 is 18.9 Å². The molecule has 0 aromatic heterocycles. The molecule has 14 heteroatoms. The number of rotatable bonds is 16. The van der Waals surface area contributed by atoms with Crippen molar-refractivity contribution in [2.24, 2.45) is 5.92 Å². The summed E-state index contributed by atoms with van der Waals surface area (Å²) < 4.78 is 29.6. The van der Waals surface area contributed by atoms with Gasteiger partial charge in [0, 0.05) is 43.5 Å². The molecule has 0 aliphatic carbocycles. The predicted octanol–water partition coefficient (Wildman–Crippen LogP) is 7.50. The number of carbonyl (C=O) groups excluding carboxylic acids is 4. The maximum absolute atomic E-state index is 11.9. The highest BCUT2D eigenvalue weighted by atomic mass is 16.5. The number of ether oxygens (including phenoxy) is 6. The fourth-order valence-electron chi connectivity index (χ4n) is 4.45. The Morgan fingerprint density at radius 2 is 1.21 bits per heavy atom. The van der Waals surface area contributed by atoms with Crippen LogP contribution in [0.1, 0.15) is 81.1 Å². The van der Waals surface area contributed by atoms with Crippen molar-refractivity contribution in [2.75, 3.05) is 61.9 Å². The minimum absolute atomic E-state index is 0.0362. The third-order valence-corrected chi connectivity index (χ3v) is 7.57. The van der Waals surface area contributed by atoms with Crippen molar-refractivity contribution in [3.63, 3.8) is 0 Å². The van der Waals surface area contributed by atoms with E-state index in [0.29, 0.717) is 37.3 Å². The van der Waals surface area contributed by atoms with Crippen molar-refractivity contribution in [3.8, 4) is 23.0 Å². The molecule has 1 fully saturated rings. The number of unbranched alkanes of at least 4 members (excludes halogenated alkanes) is 1. The summed E-state index contributed by atoms with van der Waals surface area (Å²) in [6.45, 7) is 24.0. The molecule has 14 nitrogen and oxygen atoms in total. The van der Waals surface area contributed by atoms with Gasteiger partial charge in [-0.25, -0.2) is 14.4 Å². The minimum Gasteiger partial charge on any atom is -0.497 e. The zero-order valence-electron chi connectivity index (χ0n) is 37.3. The average Bonchev–Trinajstić information content (AvgIpc) is 3.48. The Bertz CT molecular complexity index is 1440. The quantitative estimate of drug-likeness (QED) is 0.0741. The van der Waals surface area contributed by atoms with Gasteiger partial charge in [0.1, 0.15) is 35.6 Å². The number of urea groups is 1. The van der Waals surface area contributed by atoms with Gasteiger partial charge in [0.25, 0.3) is 5.91 Å². The number of nitrogens with zero attached hydrogens (tertiary/aromatic N) is 2. The second kappa shape index (κ2) is 35.1. The first-order valence-electron chi connectivity index (χ1n) is 19.3. The summed E-state index contributed by atoms with van der Waals surface area (Å²) in [5.41, 5.74) is 0.866. The minimum atomic E-state index is -0.402. The Morgan fingerprint density at radius 3 is 1.53 bits per heavy atom. The molecule has 0 spiro atoms. The fraction of sp³-hybridized carbons (Fsp3) is 0.545. The lowest BCUT2D eigenvalue weighted by Gasteiger charge is -2.23. The molecule has 0 radical (unpaired) electrons. The molecule has 3 amide bonds. The van der Waals surface area contributed by atoms with E-state index in [1.54, 1.807) is 39.0 Å². The van der Waals surface area contributed by atoms with Crippen molar-refractivity contribution < 1.29 is 57.8 Å². The molecule has 1 heterocycles. The summed E-state index contributed by atoms with van der Waals surface area (Å²) in [7, 11) is 6.93. The molecule has 2 atom stereocenters. The fourth-order valence-corrected chi connectivity index (χ4v) is 4.45. The number of amides is 3. The number of hydrogen-bond acceptors (Lipinski definition) is 12. The second-order valence-corrected chi connectivity index (χ2v) is 12.7. The Balaban J connectivity index is -0.000000665. The largest absolute Gasteiger partial charge is 0.497 e. The highest BCUT2D eigenvalue weighted by Gasteiger charge is 2.44. The summed E-state index contributed by atoms with van der Waals surface area (Å²) >= 11 is 0. The molecule has 58 heavy (non-hydrogen) atoms. The van der Waals surface area contributed by atoms with E-state index in [-0.39, 0.29) is 35.8 Å². The SMILES string of the molecule is C=C(C)C(=O)OC.C=C(C)C(=O)OC.CCC(O)COc1cccc(OC)c1.CCCCOc1cccc(OC)c1.CCCN1C(=O)N(CC)C(=O)C1C(C)C.CO. The van der Waals surface area contributed by atoms with Crippen LogP contribution in [0.4, 0.5) is 4.79 Å². The van der Waals surface area contributed by atoms with Crippen LogP contribution in [0.2, 0.25) is 0 Å². The average molecular weight is 821 g/mol. The van der Waals surface area contributed by atoms with Gasteiger partial charge >= 0.3 is 18.0 Å². The lowest BCUT2D eigenvalue weighted by atomic mass is 10.0. The second-order valence-electron chi connectivity index (χ2n) is 12.7. The zero-order chi connectivity index (χ0) is 45.2. The number of carbonyl (C=O) groups is 4. The number of methoxy groups -OCH3 is 4. The molecule has 0 bridgehead atoms. The van der Waals surface area contributed by atoms with E-state index in [1.807, 2.05) is 77.1 Å². The molecule has 0 saturated carbocycles. The van der Waals surface area contributed by atoms with Crippen LogP contribution >= 0.6 is 0 Å². The summed E-state index contributed by atoms with van der Waals surface area (Å²) in [6, 6.07) is 14.6. The first kappa shape index (κ1) is 57.2. The molecule has 2 N–H and O–H groups in total. The number of aliphatic hydroxyl groups excluding tert-OH is 2. The maximum Gasteiger partial charge on any atom is 0.332 e. The van der Waals surface area contributed by atoms with Crippen LogP contribution in [0, 0.1) is 5.92 Å². The van der Waals surface area contributed by atoms with Gasteiger partial charge in [0.15, 0.2) is 0 Å². The molecule has 2 aromatic rings. The maximum atomic E-state index is 11.9. The smallest absolute Gasteiger partial charge is 0.332 e. The molecule has 330 valence electrons. The van der Waals surface area contributed by atoms with E-state index in [0.717, 1.165) is 56.0 Å². The Kier molecular flexibility index (Phi) is 34.7. The number of imide groups is 1. The summed E-state index contributed by atoms with van der Waals surface area (Å²) in [5.74, 6) is 2.66. The van der Waals surface area contributed by atoms with Crippen molar-refractivity contribution in [1.82, 2.24) is 9.80 Å². The van der Waals surface area contributed by atoms with Gasteiger partial charge in [0.05, 0.1) is 41.2 Å². The van der Waals surface area contributed by atoms with Gasteiger partial charge < -0.3 is 43.5 Å². The lowest BCUT2D eigenvalue weighted by Crippen LogP contribution is -2.39. The molecule has 2 unspecified atom stereocenters. The Morgan fingerprint density at radius 1 is 0.759 bits per heavy atom. The van der Waals surface area contributed by atoms with E-state index >= 15 is 0 Å². The molecule has 1 aliphatic heterocycles. The summed E-state index contributed by atoms with van der Waals surface area (Å²) in [6.07, 6.45) is 3.44. The number of hydrogen-bond donors (Lipinski definition) is 2. The molecule has 1 aliphatic rings. The van der Waals surface area contributed by atoms with Crippen LogP contribution in [0.15, 0.2) is 72.8 Å². The van der Waals surface area contributed by atoms with E-state index in [4.69, 9.17) is 24.1 Å². The van der Waals surface area contributed by atoms with Gasteiger partial charge in [0.2, 0.25) is 0 Å². The zero-order valence-corrected chi connectivity index (χ0v) is 37.3. The van der Waals surface area contributed by atoms with E-state index < -0.39 is 6.10 Å². The van der Waals surface area contributed by atoms with Crippen molar-refractivity contribution in [3.05, 3.63) is 72.8 Å². The predicted molar refractivity (Wildman–Crippen MR) is 228 cm³/mol. The van der Waals surface area contributed by atoms with Crippen molar-refractivity contribution in [2.45, 2.75) is 93.2 Å². The highest BCUT2D eigenvalue weighted by molar-refractivity contribution is 6.04. The monoisotopic (exact) mass is 821 g/mol. The van der Waals surface area contributed by atoms with Gasteiger partial charge in [-0.1, -0.05) is 66.3 Å². The van der Waals surface area contributed by atoms with E-state index in [1.165, 1.54) is 19.1 Å². The molecule has 3 rings (SSSR count). The first-order chi connectivity index (χ1) is 27.5. The Hall–Kier alpha value is -5.08. The van der Waals surface area contributed by atoms with Gasteiger partial charge in [-0.15, -0.1) is 0 Å². The third kappa shape index (κ3) is 24.5. The number of esters is 2. The first-order valence-corrected chi connectivity index (χ1v) is 19.3. The third-order valence-electron chi connectivity index (χ3n) is 7.57. The number of likely N-dealkylation sites (N-methyl/N-ethyl adjacent to an activating group) is 1. The summed E-state index contributed by atoms with van der Waals surface area (Å²) in [5, 5.41) is 16.3. The van der Waals surface area contributed by atoms with E-state index in [9.17, 15) is 24.3 Å². The van der Waals surface area contributed by atoms with E-state index in [2.05, 4.69) is 29.6 Å². The van der Waals surface area contributed by atoms with Gasteiger partial charge in [-0.2, -0.15) is 0 Å². The van der Waals surface area contributed by atoms with Crippen LogP contribution in [-0.2, 0) is 23.9 Å². The van der Waals surface area contributed by atoms with Crippen LogP contribution in [0.3, 0.4) is 0 Å². The van der Waals surface area contributed by atoms with Gasteiger partial charge in [-0.05, 0) is 70.2 Å². The number of aliphatic hydroxyl groups is 2. The van der Waals surface area contributed by atoms with Crippen LogP contribution in [0.5, 0.6) is 23.0 Å². The highest BCUT2D eigenvalue weighted by Crippen LogP contribution is 2.23. The lowest BCUT2D eigenvalue weighted by molar-refractivity contribution is -0.136. The van der Waals surface area contributed by atoms with Crippen molar-refractivity contribution >= 4 is 23.9 Å². The topological polar surface area (TPSA) is 171 Å². The molecular formula is C44H72N2O12. The van der Waals surface area contributed by atoms with Crippen LogP contribution in [0.25, 0.3) is 0 Å². The van der Waals surface area contributed by atoms with Crippen LogP contribution in [-0.4, -0.2) is 118 Å². The van der Waals surface area contributed by atoms with Gasteiger partial charge in [-0.3, -0.25) is 9.69 Å². The molecule has 1 saturated heterocycles. The number of benzene rings is 2. The van der Waals surface area contributed by atoms with Crippen molar-refractivity contribution in [1.29, 1.82) is 0 Å². The molecular weight excluding hydrogens is 748 g/mol. The molecule has 2 aromatic carbocycles. The standard InChI is InChI=1S/C11H20N2O2.C11H16O3.C11H16O2.2C5H8O2.CH4O/c1-5-7-13-9(8(3)4)10(14)12(6-2)11(13)15;1-3-9(12)8-14-11-6-4-5-10(7-11)13-2;1-3-4-8-13-11-7-5-6-10(9-11)12-2;2*1-4(2)5(6)7-3;1-2/h8-9H,5-7H2,1-4H3;4-7,9,12H,3,8H2,1-2H3;5-7,9H,3-4,8H2,1-2H3;2*1H2,2-3H3;2H,1H3.